The van der Waals surface area contributed by atoms with Crippen LogP contribution in [0.4, 0.5) is 0 Å². The molecule has 0 radical (unpaired) electrons. The van der Waals surface area contributed by atoms with Crippen LogP contribution < -0.4 is 0 Å². The topological polar surface area (TPSA) is 140 Å². The summed E-state index contributed by atoms with van der Waals surface area (Å²) >= 11 is 0. The number of hydrogen-bond donors (Lipinski definition) is 3. The third kappa shape index (κ3) is 7.91. The fraction of sp³-hybridized carbons (Fsp3) is 0.850. The second-order valence-corrected chi connectivity index (χ2v) is 7.37. The van der Waals surface area contributed by atoms with Crippen molar-refractivity contribution in [2.45, 2.75) is 109 Å². The van der Waals surface area contributed by atoms with Crippen molar-refractivity contribution in [3.8, 4) is 0 Å². The smallest absolute Gasteiger partial charge is 0.306 e. The van der Waals surface area contributed by atoms with E-state index < -0.39 is 54.5 Å². The SMILES string of the molecule is CCCCCC(=O)OC1C(O)C(O)C(O)C(OC(=O)CCCCC)C1OC(C)=O. The zero-order valence-corrected chi connectivity index (χ0v) is 17.4. The van der Waals surface area contributed by atoms with Crippen molar-refractivity contribution in [3.05, 3.63) is 0 Å². The third-order valence-corrected chi connectivity index (χ3v) is 4.83. The van der Waals surface area contributed by atoms with Gasteiger partial charge in [0.25, 0.3) is 0 Å². The highest BCUT2D eigenvalue weighted by Gasteiger charge is 2.55. The molecular formula is C20H34O9. The number of esters is 3. The normalized spacial score (nSPS) is 29.2. The molecule has 0 saturated heterocycles. The maximum Gasteiger partial charge on any atom is 0.306 e. The van der Waals surface area contributed by atoms with Gasteiger partial charge >= 0.3 is 17.9 Å². The molecule has 0 aromatic heterocycles. The molecule has 4 unspecified atom stereocenters. The van der Waals surface area contributed by atoms with Crippen LogP contribution in [0.1, 0.15) is 72.1 Å². The van der Waals surface area contributed by atoms with E-state index in [0.717, 1.165) is 32.6 Å². The van der Waals surface area contributed by atoms with Gasteiger partial charge in [0.2, 0.25) is 0 Å². The zero-order chi connectivity index (χ0) is 22.0. The predicted molar refractivity (Wildman–Crippen MR) is 102 cm³/mol. The van der Waals surface area contributed by atoms with Gasteiger partial charge in [0, 0.05) is 19.8 Å². The maximum atomic E-state index is 12.1. The van der Waals surface area contributed by atoms with Crippen LogP contribution in [0.2, 0.25) is 0 Å². The first-order chi connectivity index (χ1) is 13.7. The molecule has 168 valence electrons. The maximum absolute atomic E-state index is 12.1. The highest BCUT2D eigenvalue weighted by molar-refractivity contribution is 5.71. The Morgan fingerprint density at radius 2 is 1.07 bits per heavy atom. The minimum Gasteiger partial charge on any atom is -0.455 e. The number of carbonyl (C=O) groups excluding carboxylic acids is 3. The third-order valence-electron chi connectivity index (χ3n) is 4.83. The van der Waals surface area contributed by atoms with Crippen LogP contribution in [0.25, 0.3) is 0 Å². The lowest BCUT2D eigenvalue weighted by Gasteiger charge is -2.43. The minimum absolute atomic E-state index is 0.0873. The second-order valence-electron chi connectivity index (χ2n) is 7.37. The van der Waals surface area contributed by atoms with E-state index in [4.69, 9.17) is 14.2 Å². The van der Waals surface area contributed by atoms with Crippen LogP contribution in [0.3, 0.4) is 0 Å². The predicted octanol–water partition coefficient (Wildman–Crippen LogP) is 0.999. The summed E-state index contributed by atoms with van der Waals surface area (Å²) in [5.74, 6) is -2.06. The highest BCUT2D eigenvalue weighted by Crippen LogP contribution is 2.29. The van der Waals surface area contributed by atoms with Gasteiger partial charge in [-0.15, -0.1) is 0 Å². The van der Waals surface area contributed by atoms with Gasteiger partial charge in [-0.05, 0) is 12.8 Å². The molecule has 1 rings (SSSR count). The first kappa shape index (κ1) is 25.3. The molecule has 0 bridgehead atoms. The molecule has 3 N–H and O–H groups in total. The van der Waals surface area contributed by atoms with Gasteiger partial charge in [-0.25, -0.2) is 0 Å². The van der Waals surface area contributed by atoms with Gasteiger partial charge in [0.05, 0.1) is 0 Å². The van der Waals surface area contributed by atoms with E-state index >= 15 is 0 Å². The standard InChI is InChI=1S/C20H34O9/c1-4-6-8-10-13(22)28-18-16(25)15(24)17(26)19(20(18)27-12(3)21)29-14(23)11-9-7-5-2/h15-20,24-26H,4-11H2,1-3H3. The Labute approximate surface area is 171 Å². The Morgan fingerprint density at radius 3 is 1.41 bits per heavy atom. The highest BCUT2D eigenvalue weighted by atomic mass is 16.6. The van der Waals surface area contributed by atoms with E-state index in [0.29, 0.717) is 12.8 Å². The second kappa shape index (κ2) is 12.8. The van der Waals surface area contributed by atoms with Crippen LogP contribution in [-0.2, 0) is 28.6 Å². The summed E-state index contributed by atoms with van der Waals surface area (Å²) in [6.45, 7) is 5.05. The average Bonchev–Trinajstić information content (AvgIpc) is 2.66. The van der Waals surface area contributed by atoms with Gasteiger partial charge in [0.15, 0.2) is 18.3 Å². The van der Waals surface area contributed by atoms with Crippen molar-refractivity contribution in [1.82, 2.24) is 0 Å². The Bertz CT molecular complexity index is 498. The molecular weight excluding hydrogens is 384 g/mol. The Morgan fingerprint density at radius 1 is 0.655 bits per heavy atom. The first-order valence-electron chi connectivity index (χ1n) is 10.3. The number of aliphatic hydroxyl groups excluding tert-OH is 3. The van der Waals surface area contributed by atoms with Gasteiger partial charge in [-0.1, -0.05) is 39.5 Å². The molecule has 0 amide bonds. The molecule has 1 fully saturated rings. The number of aliphatic hydroxyl groups is 3. The fourth-order valence-corrected chi connectivity index (χ4v) is 3.23. The van der Waals surface area contributed by atoms with Crippen molar-refractivity contribution in [2.24, 2.45) is 0 Å². The Balaban J connectivity index is 2.96. The van der Waals surface area contributed by atoms with E-state index in [9.17, 15) is 29.7 Å². The molecule has 0 aromatic carbocycles. The Hall–Kier alpha value is -1.71. The summed E-state index contributed by atoms with van der Waals surface area (Å²) in [6.07, 6.45) is -4.78. The Kier molecular flexibility index (Phi) is 11.2. The van der Waals surface area contributed by atoms with Crippen molar-refractivity contribution < 1.29 is 43.9 Å². The lowest BCUT2D eigenvalue weighted by Crippen LogP contribution is -2.66. The van der Waals surface area contributed by atoms with Gasteiger partial charge in [-0.3, -0.25) is 14.4 Å². The van der Waals surface area contributed by atoms with E-state index in [-0.39, 0.29) is 12.8 Å². The average molecular weight is 418 g/mol. The summed E-state index contributed by atoms with van der Waals surface area (Å²) in [6, 6.07) is 0. The molecule has 1 saturated carbocycles. The summed E-state index contributed by atoms with van der Waals surface area (Å²) in [5, 5.41) is 30.8. The molecule has 4 atom stereocenters. The van der Waals surface area contributed by atoms with E-state index in [2.05, 4.69) is 0 Å². The van der Waals surface area contributed by atoms with E-state index in [1.807, 2.05) is 13.8 Å². The van der Waals surface area contributed by atoms with Crippen molar-refractivity contribution in [1.29, 1.82) is 0 Å². The number of rotatable bonds is 11. The summed E-state index contributed by atoms with van der Waals surface area (Å²) in [7, 11) is 0. The van der Waals surface area contributed by atoms with Crippen molar-refractivity contribution >= 4 is 17.9 Å². The largest absolute Gasteiger partial charge is 0.455 e. The first-order valence-corrected chi connectivity index (χ1v) is 10.3. The fourth-order valence-electron chi connectivity index (χ4n) is 3.23. The van der Waals surface area contributed by atoms with Crippen LogP contribution in [0, 0.1) is 0 Å². The molecule has 1 aliphatic rings. The van der Waals surface area contributed by atoms with Crippen molar-refractivity contribution in [2.75, 3.05) is 0 Å². The van der Waals surface area contributed by atoms with Gasteiger partial charge in [0.1, 0.15) is 18.3 Å². The van der Waals surface area contributed by atoms with Crippen LogP contribution in [-0.4, -0.2) is 69.9 Å². The molecule has 29 heavy (non-hydrogen) atoms. The van der Waals surface area contributed by atoms with Gasteiger partial charge in [-0.2, -0.15) is 0 Å². The van der Waals surface area contributed by atoms with Crippen molar-refractivity contribution in [3.63, 3.8) is 0 Å². The molecule has 1 aliphatic carbocycles. The molecule has 0 aliphatic heterocycles. The van der Waals surface area contributed by atoms with Gasteiger partial charge < -0.3 is 29.5 Å². The quantitative estimate of drug-likeness (QED) is 0.255. The van der Waals surface area contributed by atoms with Crippen LogP contribution >= 0.6 is 0 Å². The summed E-state index contributed by atoms with van der Waals surface area (Å²) < 4.78 is 15.7. The summed E-state index contributed by atoms with van der Waals surface area (Å²) in [4.78, 5) is 35.8. The van der Waals surface area contributed by atoms with E-state index in [1.165, 1.54) is 0 Å². The number of ether oxygens (including phenoxy) is 3. The molecule has 0 aromatic rings. The lowest BCUT2D eigenvalue weighted by molar-refractivity contribution is -0.247. The van der Waals surface area contributed by atoms with Crippen LogP contribution in [0.15, 0.2) is 0 Å². The zero-order valence-electron chi connectivity index (χ0n) is 17.4. The minimum atomic E-state index is -1.75. The lowest BCUT2D eigenvalue weighted by atomic mass is 9.84. The van der Waals surface area contributed by atoms with E-state index in [1.54, 1.807) is 0 Å². The van der Waals surface area contributed by atoms with Crippen LogP contribution in [0.5, 0.6) is 0 Å². The summed E-state index contributed by atoms with van der Waals surface area (Å²) in [5.41, 5.74) is 0. The molecule has 9 nitrogen and oxygen atoms in total. The molecule has 0 heterocycles. The molecule has 0 spiro atoms. The number of hydrogen-bond acceptors (Lipinski definition) is 9. The molecule has 9 heteroatoms. The number of unbranched alkanes of at least 4 members (excludes halogenated alkanes) is 4. The monoisotopic (exact) mass is 418 g/mol. The number of carbonyl (C=O) groups is 3.